The Kier molecular flexibility index (Phi) is 2.95. The van der Waals surface area contributed by atoms with Gasteiger partial charge in [0.05, 0.1) is 11.3 Å². The molecule has 84 valence electrons. The Balaban J connectivity index is 2.25. The lowest BCUT2D eigenvalue weighted by Crippen LogP contribution is -2.16. The molecule has 2 rings (SSSR count). The lowest BCUT2D eigenvalue weighted by Gasteiger charge is -2.06. The van der Waals surface area contributed by atoms with E-state index in [0.29, 0.717) is 5.75 Å². The maximum atomic E-state index is 11.6. The average molecular weight is 218 g/mol. The molecular weight excluding hydrogens is 204 g/mol. The highest BCUT2D eigenvalue weighted by Gasteiger charge is 2.15. The molecule has 0 spiro atoms. The van der Waals surface area contributed by atoms with Gasteiger partial charge in [-0.2, -0.15) is 0 Å². The second kappa shape index (κ2) is 4.39. The van der Waals surface area contributed by atoms with Gasteiger partial charge in [-0.25, -0.2) is 0 Å². The third-order valence-corrected chi connectivity index (χ3v) is 2.67. The van der Waals surface area contributed by atoms with Gasteiger partial charge in [0.2, 0.25) is 0 Å². The Morgan fingerprint density at radius 2 is 2.19 bits per heavy atom. The van der Waals surface area contributed by atoms with E-state index in [1.807, 2.05) is 38.1 Å². The van der Waals surface area contributed by atoms with Crippen molar-refractivity contribution in [2.75, 3.05) is 0 Å². The maximum Gasteiger partial charge on any atom is 0.314 e. The predicted molar refractivity (Wildman–Crippen MR) is 61.3 cm³/mol. The minimum atomic E-state index is -0.214. The van der Waals surface area contributed by atoms with E-state index in [0.717, 1.165) is 17.4 Å². The summed E-state index contributed by atoms with van der Waals surface area (Å²) in [6.07, 6.45) is 2.25. The molecule has 0 radical (unpaired) electrons. The third kappa shape index (κ3) is 1.94. The molecule has 3 nitrogen and oxygen atoms in total. The Morgan fingerprint density at radius 3 is 2.94 bits per heavy atom. The number of para-hydroxylation sites is 1. The van der Waals surface area contributed by atoms with Crippen molar-refractivity contribution in [1.29, 1.82) is 0 Å². The van der Waals surface area contributed by atoms with Crippen molar-refractivity contribution in [1.82, 2.24) is 0 Å². The van der Waals surface area contributed by atoms with E-state index in [4.69, 9.17) is 9.15 Å². The number of benzene rings is 1. The molecule has 0 amide bonds. The monoisotopic (exact) mass is 218 g/mol. The molecule has 1 heterocycles. The van der Waals surface area contributed by atoms with Gasteiger partial charge in [-0.05, 0) is 18.6 Å². The van der Waals surface area contributed by atoms with Gasteiger partial charge in [-0.1, -0.05) is 26.0 Å². The average Bonchev–Trinajstić information content (AvgIpc) is 2.72. The van der Waals surface area contributed by atoms with E-state index in [9.17, 15) is 4.79 Å². The smallest absolute Gasteiger partial charge is 0.314 e. The zero-order valence-corrected chi connectivity index (χ0v) is 9.40. The van der Waals surface area contributed by atoms with E-state index in [1.165, 1.54) is 6.26 Å². The van der Waals surface area contributed by atoms with Crippen molar-refractivity contribution >= 4 is 16.9 Å². The molecule has 1 aromatic heterocycles. The summed E-state index contributed by atoms with van der Waals surface area (Å²) in [7, 11) is 0. The first-order valence-corrected chi connectivity index (χ1v) is 5.40. The zero-order valence-electron chi connectivity index (χ0n) is 9.40. The normalized spacial score (nSPS) is 12.6. The van der Waals surface area contributed by atoms with Crippen molar-refractivity contribution in [3.8, 4) is 5.75 Å². The highest BCUT2D eigenvalue weighted by molar-refractivity contribution is 5.87. The molecule has 0 saturated heterocycles. The van der Waals surface area contributed by atoms with Gasteiger partial charge in [0.25, 0.3) is 0 Å². The Bertz CT molecular complexity index is 499. The van der Waals surface area contributed by atoms with Crippen LogP contribution in [0.1, 0.15) is 20.3 Å². The number of hydrogen-bond acceptors (Lipinski definition) is 3. The van der Waals surface area contributed by atoms with Crippen LogP contribution in [0.2, 0.25) is 0 Å². The largest absolute Gasteiger partial charge is 0.460 e. The minimum absolute atomic E-state index is 0.0892. The first kappa shape index (κ1) is 10.7. The number of rotatable bonds is 3. The molecule has 0 bridgehead atoms. The number of hydrogen-bond donors (Lipinski definition) is 0. The first-order chi connectivity index (χ1) is 7.72. The maximum absolute atomic E-state index is 11.6. The molecule has 16 heavy (non-hydrogen) atoms. The lowest BCUT2D eigenvalue weighted by molar-refractivity contribution is -0.138. The van der Waals surface area contributed by atoms with E-state index in [-0.39, 0.29) is 11.9 Å². The zero-order chi connectivity index (χ0) is 11.5. The quantitative estimate of drug-likeness (QED) is 0.741. The fraction of sp³-hybridized carbons (Fsp3) is 0.308. The van der Waals surface area contributed by atoms with Crippen LogP contribution in [0.15, 0.2) is 34.9 Å². The van der Waals surface area contributed by atoms with Crippen LogP contribution < -0.4 is 4.74 Å². The second-order valence-corrected chi connectivity index (χ2v) is 3.83. The van der Waals surface area contributed by atoms with E-state index >= 15 is 0 Å². The van der Waals surface area contributed by atoms with Gasteiger partial charge in [-0.15, -0.1) is 0 Å². The van der Waals surface area contributed by atoms with Crippen molar-refractivity contribution in [2.24, 2.45) is 5.92 Å². The van der Waals surface area contributed by atoms with Crippen LogP contribution >= 0.6 is 0 Å². The molecule has 0 fully saturated rings. The van der Waals surface area contributed by atoms with E-state index in [1.54, 1.807) is 0 Å². The van der Waals surface area contributed by atoms with Gasteiger partial charge in [-0.3, -0.25) is 4.79 Å². The summed E-state index contributed by atoms with van der Waals surface area (Å²) in [6, 6.07) is 7.48. The fourth-order valence-corrected chi connectivity index (χ4v) is 1.41. The molecule has 0 aliphatic rings. The number of furan rings is 1. The molecule has 1 aromatic carbocycles. The molecule has 0 aliphatic carbocycles. The van der Waals surface area contributed by atoms with Gasteiger partial charge in [0, 0.05) is 0 Å². The highest BCUT2D eigenvalue weighted by atomic mass is 16.5. The SMILES string of the molecule is CCC(C)C(=O)Oc1coc2ccccc12. The first-order valence-electron chi connectivity index (χ1n) is 5.40. The van der Waals surface area contributed by atoms with Gasteiger partial charge < -0.3 is 9.15 Å². The predicted octanol–water partition coefficient (Wildman–Crippen LogP) is 3.38. The van der Waals surface area contributed by atoms with Crippen LogP contribution in [0.5, 0.6) is 5.75 Å². The summed E-state index contributed by atoms with van der Waals surface area (Å²) in [6.45, 7) is 3.81. The number of ether oxygens (including phenoxy) is 1. The highest BCUT2D eigenvalue weighted by Crippen LogP contribution is 2.28. The second-order valence-electron chi connectivity index (χ2n) is 3.83. The standard InChI is InChI=1S/C13H14O3/c1-3-9(2)13(14)16-12-8-15-11-7-5-4-6-10(11)12/h4-9H,3H2,1-2H3. The molecule has 0 aliphatic heterocycles. The van der Waals surface area contributed by atoms with Crippen LogP contribution in [0.4, 0.5) is 0 Å². The molecular formula is C13H14O3. The van der Waals surface area contributed by atoms with Crippen LogP contribution in [-0.2, 0) is 4.79 Å². The Morgan fingerprint density at radius 1 is 1.44 bits per heavy atom. The van der Waals surface area contributed by atoms with E-state index < -0.39 is 0 Å². The number of esters is 1. The molecule has 0 saturated carbocycles. The minimum Gasteiger partial charge on any atom is -0.460 e. The van der Waals surface area contributed by atoms with Crippen LogP contribution in [0.3, 0.4) is 0 Å². The molecule has 0 N–H and O–H groups in total. The Hall–Kier alpha value is -1.77. The van der Waals surface area contributed by atoms with Crippen LogP contribution in [0.25, 0.3) is 11.0 Å². The third-order valence-electron chi connectivity index (χ3n) is 2.67. The summed E-state index contributed by atoms with van der Waals surface area (Å²) in [5, 5.41) is 0.833. The van der Waals surface area contributed by atoms with Gasteiger partial charge in [0.1, 0.15) is 11.8 Å². The van der Waals surface area contributed by atoms with Gasteiger partial charge >= 0.3 is 5.97 Å². The van der Waals surface area contributed by atoms with E-state index in [2.05, 4.69) is 0 Å². The van der Waals surface area contributed by atoms with Crippen molar-refractivity contribution in [3.63, 3.8) is 0 Å². The summed E-state index contributed by atoms with van der Waals surface area (Å²) in [5.74, 6) is 0.198. The summed E-state index contributed by atoms with van der Waals surface area (Å²) in [4.78, 5) is 11.6. The summed E-state index contributed by atoms with van der Waals surface area (Å²) in [5.41, 5.74) is 0.731. The fourth-order valence-electron chi connectivity index (χ4n) is 1.41. The lowest BCUT2D eigenvalue weighted by atomic mass is 10.1. The van der Waals surface area contributed by atoms with Crippen molar-refractivity contribution in [3.05, 3.63) is 30.5 Å². The van der Waals surface area contributed by atoms with Crippen molar-refractivity contribution < 1.29 is 13.9 Å². The molecule has 3 heteroatoms. The molecule has 1 atom stereocenters. The topological polar surface area (TPSA) is 39.4 Å². The number of fused-ring (bicyclic) bond motifs is 1. The molecule has 2 aromatic rings. The molecule has 1 unspecified atom stereocenters. The summed E-state index contributed by atoms with van der Waals surface area (Å²) < 4.78 is 10.6. The number of carbonyl (C=O) groups excluding carboxylic acids is 1. The van der Waals surface area contributed by atoms with Gasteiger partial charge in [0.15, 0.2) is 5.75 Å². The van der Waals surface area contributed by atoms with Crippen LogP contribution in [-0.4, -0.2) is 5.97 Å². The summed E-state index contributed by atoms with van der Waals surface area (Å²) >= 11 is 0. The Labute approximate surface area is 94.0 Å². The number of carbonyl (C=O) groups is 1. The van der Waals surface area contributed by atoms with Crippen LogP contribution in [0, 0.1) is 5.92 Å². The van der Waals surface area contributed by atoms with Crippen molar-refractivity contribution in [2.45, 2.75) is 20.3 Å².